The number of nitrogens with zero attached hydrogens (tertiary/aromatic N) is 1. The van der Waals surface area contributed by atoms with Gasteiger partial charge in [-0.25, -0.2) is 4.39 Å². The molecule has 1 unspecified atom stereocenters. The predicted molar refractivity (Wildman–Crippen MR) is 70.9 cm³/mol. The van der Waals surface area contributed by atoms with E-state index in [1.807, 2.05) is 0 Å². The zero-order valence-electron chi connectivity index (χ0n) is 10.8. The number of likely N-dealkylation sites (tertiary alicyclic amines) is 1. The molecule has 1 aliphatic heterocycles. The van der Waals surface area contributed by atoms with Crippen molar-refractivity contribution in [3.05, 3.63) is 35.1 Å². The number of β-amino-alcohol motifs (C(OH)–C–C–N with tert-alkyl or cyclic N) is 1. The predicted octanol–water partition coefficient (Wildman–Crippen LogP) is 1.13. The average Bonchev–Trinajstić information content (AvgIpc) is 2.78. The summed E-state index contributed by atoms with van der Waals surface area (Å²) in [6.07, 6.45) is 0.912. The van der Waals surface area contributed by atoms with Crippen molar-refractivity contribution in [3.8, 4) is 11.8 Å². The van der Waals surface area contributed by atoms with Crippen molar-refractivity contribution in [3.63, 3.8) is 0 Å². The Kier molecular flexibility index (Phi) is 4.92. The van der Waals surface area contributed by atoms with Gasteiger partial charge in [-0.05, 0) is 24.1 Å². The average molecular weight is 263 g/mol. The van der Waals surface area contributed by atoms with Gasteiger partial charge in [0.25, 0.3) is 0 Å². The van der Waals surface area contributed by atoms with Gasteiger partial charge >= 0.3 is 0 Å². The number of halogens is 1. The lowest BCUT2D eigenvalue weighted by Crippen LogP contribution is -2.22. The minimum absolute atomic E-state index is 0.00989. The molecular weight excluding hydrogens is 245 g/mol. The van der Waals surface area contributed by atoms with Gasteiger partial charge in [-0.3, -0.25) is 4.90 Å². The molecule has 4 heteroatoms. The number of hydrogen-bond acceptors (Lipinski definition) is 3. The van der Waals surface area contributed by atoms with E-state index >= 15 is 0 Å². The minimum atomic E-state index is -0.307. The lowest BCUT2D eigenvalue weighted by molar-refractivity contribution is 0.174. The van der Waals surface area contributed by atoms with Gasteiger partial charge in [0.1, 0.15) is 5.82 Å². The van der Waals surface area contributed by atoms with Crippen LogP contribution in [0.2, 0.25) is 0 Å². The summed E-state index contributed by atoms with van der Waals surface area (Å²) in [4.78, 5) is 2.13. The molecular formula is C15H18FNO2. The molecule has 0 aliphatic carbocycles. The first kappa shape index (κ1) is 14.0. The smallest absolute Gasteiger partial charge is 0.124 e. The largest absolute Gasteiger partial charge is 0.395 e. The maximum atomic E-state index is 13.3. The Morgan fingerprint density at radius 1 is 1.42 bits per heavy atom. The van der Waals surface area contributed by atoms with Crippen LogP contribution in [0, 0.1) is 17.7 Å². The second-order valence-electron chi connectivity index (χ2n) is 4.75. The lowest BCUT2D eigenvalue weighted by Gasteiger charge is -2.16. The van der Waals surface area contributed by atoms with E-state index in [-0.39, 0.29) is 18.5 Å². The molecule has 0 spiro atoms. The van der Waals surface area contributed by atoms with Crippen LogP contribution in [0.15, 0.2) is 18.2 Å². The monoisotopic (exact) mass is 263 g/mol. The van der Waals surface area contributed by atoms with Gasteiger partial charge in [0.05, 0.1) is 12.7 Å². The lowest BCUT2D eigenvalue weighted by atomic mass is 10.1. The van der Waals surface area contributed by atoms with Crippen molar-refractivity contribution < 1.29 is 14.6 Å². The molecule has 102 valence electrons. The molecule has 0 radical (unpaired) electrons. The third-order valence-electron chi connectivity index (χ3n) is 3.17. The highest BCUT2D eigenvalue weighted by Crippen LogP contribution is 2.17. The second-order valence-corrected chi connectivity index (χ2v) is 4.75. The molecule has 2 rings (SSSR count). The molecule has 0 aromatic heterocycles. The van der Waals surface area contributed by atoms with E-state index in [1.54, 1.807) is 6.07 Å². The molecule has 0 bridgehead atoms. The van der Waals surface area contributed by atoms with Crippen molar-refractivity contribution in [2.75, 3.05) is 19.7 Å². The first-order chi connectivity index (χ1) is 9.19. The molecule has 1 saturated heterocycles. The van der Waals surface area contributed by atoms with Crippen molar-refractivity contribution in [2.24, 2.45) is 0 Å². The minimum Gasteiger partial charge on any atom is -0.395 e. The number of hydrogen-bond donors (Lipinski definition) is 2. The number of aliphatic hydroxyl groups excluding tert-OH is 2. The van der Waals surface area contributed by atoms with Crippen LogP contribution in [-0.2, 0) is 6.54 Å². The molecule has 19 heavy (non-hydrogen) atoms. The summed E-state index contributed by atoms with van der Waals surface area (Å²) in [6, 6.07) is 4.59. The van der Waals surface area contributed by atoms with Gasteiger partial charge < -0.3 is 10.2 Å². The van der Waals surface area contributed by atoms with E-state index in [1.165, 1.54) is 12.1 Å². The van der Waals surface area contributed by atoms with E-state index in [2.05, 4.69) is 16.7 Å². The van der Waals surface area contributed by atoms with Crippen LogP contribution in [-0.4, -0.2) is 40.9 Å². The van der Waals surface area contributed by atoms with Crippen molar-refractivity contribution >= 4 is 0 Å². The summed E-state index contributed by atoms with van der Waals surface area (Å²) < 4.78 is 13.3. The summed E-state index contributed by atoms with van der Waals surface area (Å²) in [7, 11) is 0. The molecule has 0 amide bonds. The van der Waals surface area contributed by atoms with Crippen LogP contribution in [0.4, 0.5) is 4.39 Å². The fourth-order valence-electron chi connectivity index (χ4n) is 2.21. The van der Waals surface area contributed by atoms with Crippen molar-refractivity contribution in [1.29, 1.82) is 0 Å². The molecule has 1 heterocycles. The highest BCUT2D eigenvalue weighted by Gasteiger charge is 2.20. The molecule has 3 nitrogen and oxygen atoms in total. The fraction of sp³-hybridized carbons (Fsp3) is 0.467. The molecule has 1 fully saturated rings. The Morgan fingerprint density at radius 3 is 2.95 bits per heavy atom. The molecule has 1 aliphatic rings. The van der Waals surface area contributed by atoms with E-state index in [4.69, 9.17) is 5.11 Å². The first-order valence-electron chi connectivity index (χ1n) is 6.47. The van der Waals surface area contributed by atoms with Crippen LogP contribution < -0.4 is 0 Å². The Hall–Kier alpha value is -1.41. The molecule has 2 N–H and O–H groups in total. The van der Waals surface area contributed by atoms with Crippen LogP contribution >= 0.6 is 0 Å². The molecule has 1 aromatic rings. The number of benzene rings is 1. The highest BCUT2D eigenvalue weighted by molar-refractivity contribution is 5.41. The molecule has 0 saturated carbocycles. The maximum Gasteiger partial charge on any atom is 0.124 e. The second kappa shape index (κ2) is 6.67. The fourth-order valence-corrected chi connectivity index (χ4v) is 2.21. The normalized spacial score (nSPS) is 19.2. The van der Waals surface area contributed by atoms with E-state index in [0.29, 0.717) is 25.1 Å². The Morgan fingerprint density at radius 2 is 2.26 bits per heavy atom. The maximum absolute atomic E-state index is 13.3. The van der Waals surface area contributed by atoms with Crippen LogP contribution in [0.3, 0.4) is 0 Å². The summed E-state index contributed by atoms with van der Waals surface area (Å²) in [5.41, 5.74) is 1.62. The van der Waals surface area contributed by atoms with Gasteiger partial charge in [-0.2, -0.15) is 0 Å². The summed E-state index contributed by atoms with van der Waals surface area (Å²) in [5, 5.41) is 18.2. The highest BCUT2D eigenvalue weighted by atomic mass is 19.1. The third kappa shape index (κ3) is 4.03. The summed E-state index contributed by atoms with van der Waals surface area (Å²) in [5.74, 6) is 5.41. The van der Waals surface area contributed by atoms with Crippen molar-refractivity contribution in [1.82, 2.24) is 4.90 Å². The van der Waals surface area contributed by atoms with Gasteiger partial charge in [0.15, 0.2) is 0 Å². The zero-order valence-corrected chi connectivity index (χ0v) is 10.8. The van der Waals surface area contributed by atoms with Crippen LogP contribution in [0.5, 0.6) is 0 Å². The van der Waals surface area contributed by atoms with Crippen molar-refractivity contribution in [2.45, 2.75) is 25.5 Å². The number of aliphatic hydroxyl groups is 2. The van der Waals surface area contributed by atoms with Crippen LogP contribution in [0.1, 0.15) is 24.0 Å². The standard InChI is InChI=1S/C15H18FNO2/c16-14-5-4-13(10-17-7-6-15(19)11-17)12(9-14)3-1-2-8-18/h4-5,9,15,18-19H,2,6-8,10-11H2. The molecule has 1 atom stereocenters. The van der Waals surface area contributed by atoms with E-state index < -0.39 is 0 Å². The van der Waals surface area contributed by atoms with Gasteiger partial charge in [0.2, 0.25) is 0 Å². The third-order valence-corrected chi connectivity index (χ3v) is 3.17. The quantitative estimate of drug-likeness (QED) is 0.803. The zero-order chi connectivity index (χ0) is 13.7. The summed E-state index contributed by atoms with van der Waals surface area (Å²) in [6.45, 7) is 2.18. The Bertz CT molecular complexity index is 493. The van der Waals surface area contributed by atoms with E-state index in [0.717, 1.165) is 18.5 Å². The first-order valence-corrected chi connectivity index (χ1v) is 6.47. The van der Waals surface area contributed by atoms with Gasteiger partial charge in [0, 0.05) is 31.6 Å². The van der Waals surface area contributed by atoms with Gasteiger partial charge in [-0.15, -0.1) is 0 Å². The Balaban J connectivity index is 2.13. The summed E-state index contributed by atoms with van der Waals surface area (Å²) >= 11 is 0. The van der Waals surface area contributed by atoms with Crippen LogP contribution in [0.25, 0.3) is 0 Å². The Labute approximate surface area is 112 Å². The van der Waals surface area contributed by atoms with Gasteiger partial charge in [-0.1, -0.05) is 17.9 Å². The van der Waals surface area contributed by atoms with E-state index in [9.17, 15) is 9.50 Å². The SMILES string of the molecule is OCCC#Cc1cc(F)ccc1CN1CCC(O)C1. The topological polar surface area (TPSA) is 43.7 Å². The number of rotatable bonds is 3. The molecule has 1 aromatic carbocycles.